The molecule has 1 saturated carbocycles. The molecule has 1 aliphatic carbocycles. The van der Waals surface area contributed by atoms with Crippen LogP contribution in [0.2, 0.25) is 0 Å². The molecule has 7 heteroatoms. The molecule has 0 N–H and O–H groups in total. The van der Waals surface area contributed by atoms with Gasteiger partial charge in [0.25, 0.3) is 5.91 Å². The van der Waals surface area contributed by atoms with Gasteiger partial charge in [0.2, 0.25) is 5.89 Å². The second kappa shape index (κ2) is 4.95. The number of aryl methyl sites for hydroxylation is 1. The molecule has 0 radical (unpaired) electrons. The molecule has 2 aromatic heterocycles. The van der Waals surface area contributed by atoms with E-state index in [1.807, 2.05) is 24.4 Å². The van der Waals surface area contributed by atoms with Crippen molar-refractivity contribution in [1.82, 2.24) is 14.8 Å². The van der Waals surface area contributed by atoms with Gasteiger partial charge in [0, 0.05) is 6.04 Å². The molecule has 2 aromatic rings. The topological polar surface area (TPSA) is 66.7 Å². The average Bonchev–Trinajstić information content (AvgIpc) is 2.93. The van der Waals surface area contributed by atoms with Crippen LogP contribution in [0.4, 0.5) is 4.79 Å². The molecule has 2 aliphatic rings. The summed E-state index contributed by atoms with van der Waals surface area (Å²) in [7, 11) is 0. The van der Waals surface area contributed by atoms with Gasteiger partial charge in [-0.2, -0.15) is 0 Å². The van der Waals surface area contributed by atoms with E-state index in [9.17, 15) is 9.59 Å². The number of amides is 3. The van der Waals surface area contributed by atoms with Crippen molar-refractivity contribution in [3.63, 3.8) is 0 Å². The van der Waals surface area contributed by atoms with Gasteiger partial charge in [-0.05, 0) is 31.2 Å². The molecular formula is C15H15N3O3S. The lowest BCUT2D eigenvalue weighted by Gasteiger charge is -2.15. The Morgan fingerprint density at radius 3 is 2.91 bits per heavy atom. The normalized spacial score (nSPS) is 18.6. The number of nitrogens with zero attached hydrogens (tertiary/aromatic N) is 3. The fraction of sp³-hybridized carbons (Fsp3) is 0.400. The van der Waals surface area contributed by atoms with E-state index in [4.69, 9.17) is 4.42 Å². The van der Waals surface area contributed by atoms with Crippen molar-refractivity contribution in [3.8, 4) is 10.8 Å². The highest BCUT2D eigenvalue weighted by Crippen LogP contribution is 2.31. The fourth-order valence-corrected chi connectivity index (χ4v) is 3.27. The summed E-state index contributed by atoms with van der Waals surface area (Å²) in [4.78, 5) is 32.7. The van der Waals surface area contributed by atoms with Gasteiger partial charge >= 0.3 is 6.03 Å². The molecule has 3 heterocycles. The summed E-state index contributed by atoms with van der Waals surface area (Å²) in [6, 6.07) is 3.91. The van der Waals surface area contributed by atoms with Crippen LogP contribution in [0.5, 0.6) is 0 Å². The molecule has 1 saturated heterocycles. The number of urea groups is 1. The molecule has 1 aliphatic heterocycles. The van der Waals surface area contributed by atoms with Gasteiger partial charge in [0.15, 0.2) is 0 Å². The predicted molar refractivity (Wildman–Crippen MR) is 80.2 cm³/mol. The SMILES string of the molecule is Cc1oc(-c2cccs2)nc1CN1C(=O)CN(C2CC2)C1=O. The van der Waals surface area contributed by atoms with Gasteiger partial charge < -0.3 is 9.32 Å². The largest absolute Gasteiger partial charge is 0.440 e. The number of rotatable bonds is 4. The van der Waals surface area contributed by atoms with E-state index in [0.717, 1.165) is 17.7 Å². The van der Waals surface area contributed by atoms with Crippen LogP contribution < -0.4 is 0 Å². The number of hydrogen-bond acceptors (Lipinski definition) is 5. The fourth-order valence-electron chi connectivity index (χ4n) is 2.62. The molecule has 6 nitrogen and oxygen atoms in total. The van der Waals surface area contributed by atoms with E-state index in [1.165, 1.54) is 4.90 Å². The zero-order valence-corrected chi connectivity index (χ0v) is 12.9. The summed E-state index contributed by atoms with van der Waals surface area (Å²) in [5.41, 5.74) is 0.641. The first kappa shape index (κ1) is 13.5. The lowest BCUT2D eigenvalue weighted by atomic mass is 10.3. The van der Waals surface area contributed by atoms with Crippen molar-refractivity contribution in [2.45, 2.75) is 32.4 Å². The van der Waals surface area contributed by atoms with Crippen LogP contribution in [0, 0.1) is 6.92 Å². The van der Waals surface area contributed by atoms with E-state index >= 15 is 0 Å². The Morgan fingerprint density at radius 1 is 1.41 bits per heavy atom. The summed E-state index contributed by atoms with van der Waals surface area (Å²) < 4.78 is 5.66. The minimum Gasteiger partial charge on any atom is -0.440 e. The van der Waals surface area contributed by atoms with E-state index in [2.05, 4.69) is 4.98 Å². The maximum Gasteiger partial charge on any atom is 0.327 e. The summed E-state index contributed by atoms with van der Waals surface area (Å²) in [6.07, 6.45) is 2.00. The molecule has 22 heavy (non-hydrogen) atoms. The minimum atomic E-state index is -0.201. The maximum absolute atomic E-state index is 12.3. The molecule has 0 bridgehead atoms. The van der Waals surface area contributed by atoms with E-state index in [-0.39, 0.29) is 31.1 Å². The first-order valence-electron chi connectivity index (χ1n) is 7.24. The van der Waals surface area contributed by atoms with E-state index in [0.29, 0.717) is 17.3 Å². The highest BCUT2D eigenvalue weighted by Gasteiger charge is 2.44. The van der Waals surface area contributed by atoms with Crippen molar-refractivity contribution >= 4 is 23.3 Å². The number of carbonyl (C=O) groups is 2. The monoisotopic (exact) mass is 317 g/mol. The predicted octanol–water partition coefficient (Wildman–Crippen LogP) is 2.64. The van der Waals surface area contributed by atoms with E-state index < -0.39 is 0 Å². The van der Waals surface area contributed by atoms with Crippen molar-refractivity contribution < 1.29 is 14.0 Å². The molecule has 3 amide bonds. The second-order valence-corrected chi connectivity index (χ2v) is 6.57. The molecule has 2 fully saturated rings. The first-order valence-corrected chi connectivity index (χ1v) is 8.12. The smallest absolute Gasteiger partial charge is 0.327 e. The molecule has 0 atom stereocenters. The first-order chi connectivity index (χ1) is 10.6. The van der Waals surface area contributed by atoms with Gasteiger partial charge in [0.05, 0.1) is 11.4 Å². The van der Waals surface area contributed by atoms with Crippen LogP contribution in [0.1, 0.15) is 24.3 Å². The van der Waals surface area contributed by atoms with Gasteiger partial charge in [-0.1, -0.05) is 6.07 Å². The Kier molecular flexibility index (Phi) is 3.04. The third-order valence-electron chi connectivity index (χ3n) is 4.00. The lowest BCUT2D eigenvalue weighted by molar-refractivity contribution is -0.125. The molecule has 0 unspecified atom stereocenters. The zero-order valence-electron chi connectivity index (χ0n) is 12.1. The summed E-state index contributed by atoms with van der Waals surface area (Å²) in [6.45, 7) is 2.18. The summed E-state index contributed by atoms with van der Waals surface area (Å²) >= 11 is 1.54. The molecule has 114 valence electrons. The molecule has 0 spiro atoms. The van der Waals surface area contributed by atoms with Crippen LogP contribution >= 0.6 is 11.3 Å². The number of oxazole rings is 1. The van der Waals surface area contributed by atoms with Crippen molar-refractivity contribution in [2.24, 2.45) is 0 Å². The number of thiophene rings is 1. The van der Waals surface area contributed by atoms with Crippen LogP contribution in [-0.2, 0) is 11.3 Å². The minimum absolute atomic E-state index is 0.156. The van der Waals surface area contributed by atoms with Gasteiger partial charge in [-0.25, -0.2) is 9.78 Å². The standard InChI is InChI=1S/C15H15N3O3S/c1-9-11(16-14(21-9)12-3-2-6-22-12)7-18-13(19)8-17(15(18)20)10-4-5-10/h2-3,6,10H,4-5,7-8H2,1H3. The molecule has 4 rings (SSSR count). The van der Waals surface area contributed by atoms with Crippen molar-refractivity contribution in [3.05, 3.63) is 29.0 Å². The Bertz CT molecular complexity index is 733. The van der Waals surface area contributed by atoms with Crippen LogP contribution in [0.15, 0.2) is 21.9 Å². The Labute approximate surface area is 131 Å². The van der Waals surface area contributed by atoms with Crippen molar-refractivity contribution in [2.75, 3.05) is 6.54 Å². The Hall–Kier alpha value is -2.15. The average molecular weight is 317 g/mol. The zero-order chi connectivity index (χ0) is 15.3. The van der Waals surface area contributed by atoms with Crippen LogP contribution in [0.25, 0.3) is 10.8 Å². The highest BCUT2D eigenvalue weighted by atomic mass is 32.1. The quantitative estimate of drug-likeness (QED) is 0.813. The van der Waals surface area contributed by atoms with Crippen LogP contribution in [-0.4, -0.2) is 39.3 Å². The Balaban J connectivity index is 1.56. The summed E-state index contributed by atoms with van der Waals surface area (Å²) in [5.74, 6) is 1.03. The molecular weight excluding hydrogens is 302 g/mol. The van der Waals surface area contributed by atoms with Gasteiger partial charge in [-0.15, -0.1) is 11.3 Å². The number of hydrogen-bond donors (Lipinski definition) is 0. The number of carbonyl (C=O) groups excluding carboxylic acids is 2. The maximum atomic E-state index is 12.3. The number of imide groups is 1. The Morgan fingerprint density at radius 2 is 2.23 bits per heavy atom. The number of aromatic nitrogens is 1. The second-order valence-electron chi connectivity index (χ2n) is 5.62. The van der Waals surface area contributed by atoms with E-state index in [1.54, 1.807) is 16.2 Å². The summed E-state index contributed by atoms with van der Waals surface area (Å²) in [5, 5.41) is 1.95. The van der Waals surface area contributed by atoms with Crippen LogP contribution in [0.3, 0.4) is 0 Å². The highest BCUT2D eigenvalue weighted by molar-refractivity contribution is 7.13. The van der Waals surface area contributed by atoms with Gasteiger partial charge in [0.1, 0.15) is 18.0 Å². The van der Waals surface area contributed by atoms with Gasteiger partial charge in [-0.3, -0.25) is 9.69 Å². The van der Waals surface area contributed by atoms with Crippen molar-refractivity contribution in [1.29, 1.82) is 0 Å². The molecule has 0 aromatic carbocycles. The third-order valence-corrected chi connectivity index (χ3v) is 4.86. The third kappa shape index (κ3) is 2.21. The lowest BCUT2D eigenvalue weighted by Crippen LogP contribution is -2.33.